The van der Waals surface area contributed by atoms with Gasteiger partial charge in [-0.15, -0.1) is 15.3 Å². The molecule has 0 unspecified atom stereocenters. The highest BCUT2D eigenvalue weighted by molar-refractivity contribution is 5.94. The van der Waals surface area contributed by atoms with Crippen LogP contribution in [-0.4, -0.2) is 46.9 Å². The van der Waals surface area contributed by atoms with Crippen molar-refractivity contribution in [1.29, 1.82) is 0 Å². The van der Waals surface area contributed by atoms with Gasteiger partial charge in [0, 0.05) is 24.6 Å². The lowest BCUT2D eigenvalue weighted by Gasteiger charge is -2.25. The van der Waals surface area contributed by atoms with Crippen LogP contribution < -0.4 is 5.32 Å². The first kappa shape index (κ1) is 14.5. The van der Waals surface area contributed by atoms with Crippen molar-refractivity contribution in [3.8, 4) is 5.69 Å². The van der Waals surface area contributed by atoms with E-state index in [2.05, 4.69) is 35.6 Å². The standard InChI is InChI=1S/C15H16N8O/c1-10-18-19-14-6-5-12(8-22(10)14)17-15(24)11-3-2-4-13(7-11)23-9-16-20-21-23/h2-4,7,9,12H,5-6,8H2,1H3,(H,17,24)/t12-/m1/s1. The van der Waals surface area contributed by atoms with Crippen molar-refractivity contribution < 1.29 is 4.79 Å². The number of fused-ring (bicyclic) bond motifs is 1. The van der Waals surface area contributed by atoms with E-state index in [0.717, 1.165) is 30.2 Å². The summed E-state index contributed by atoms with van der Waals surface area (Å²) in [6.45, 7) is 2.63. The fourth-order valence-corrected chi connectivity index (χ4v) is 2.92. The van der Waals surface area contributed by atoms with Crippen molar-refractivity contribution in [3.63, 3.8) is 0 Å². The summed E-state index contributed by atoms with van der Waals surface area (Å²) in [6, 6.07) is 7.28. The molecule has 3 aromatic rings. The predicted octanol–water partition coefficient (Wildman–Crippen LogP) is 0.307. The molecular weight excluding hydrogens is 308 g/mol. The molecule has 0 saturated heterocycles. The van der Waals surface area contributed by atoms with E-state index in [0.29, 0.717) is 12.1 Å². The molecule has 1 N–H and O–H groups in total. The van der Waals surface area contributed by atoms with Crippen LogP contribution in [0.5, 0.6) is 0 Å². The molecule has 0 saturated carbocycles. The van der Waals surface area contributed by atoms with Crippen molar-refractivity contribution in [2.45, 2.75) is 32.4 Å². The summed E-state index contributed by atoms with van der Waals surface area (Å²) >= 11 is 0. The third-order valence-corrected chi connectivity index (χ3v) is 4.19. The minimum absolute atomic E-state index is 0.0661. The van der Waals surface area contributed by atoms with Gasteiger partial charge < -0.3 is 9.88 Å². The second-order valence-electron chi connectivity index (χ2n) is 5.79. The molecule has 0 bridgehead atoms. The quantitative estimate of drug-likeness (QED) is 0.743. The fraction of sp³-hybridized carbons (Fsp3) is 0.333. The Morgan fingerprint density at radius 1 is 1.33 bits per heavy atom. The molecule has 0 aliphatic carbocycles. The van der Waals surface area contributed by atoms with E-state index >= 15 is 0 Å². The van der Waals surface area contributed by atoms with Gasteiger partial charge in [0.25, 0.3) is 5.91 Å². The molecule has 2 aromatic heterocycles. The van der Waals surface area contributed by atoms with Gasteiger partial charge in [0.2, 0.25) is 0 Å². The first-order valence-corrected chi connectivity index (χ1v) is 7.73. The second-order valence-corrected chi connectivity index (χ2v) is 5.79. The van der Waals surface area contributed by atoms with Crippen LogP contribution in [0.4, 0.5) is 0 Å². The number of hydrogen-bond acceptors (Lipinski definition) is 6. The topological polar surface area (TPSA) is 103 Å². The number of nitrogens with zero attached hydrogens (tertiary/aromatic N) is 7. The van der Waals surface area contributed by atoms with E-state index in [1.54, 1.807) is 12.1 Å². The Morgan fingerprint density at radius 2 is 2.25 bits per heavy atom. The maximum atomic E-state index is 12.6. The monoisotopic (exact) mass is 324 g/mol. The number of tetrazole rings is 1. The number of benzene rings is 1. The number of aryl methyl sites for hydroxylation is 2. The summed E-state index contributed by atoms with van der Waals surface area (Å²) in [5.74, 6) is 1.76. The molecule has 0 fully saturated rings. The van der Waals surface area contributed by atoms with E-state index in [1.807, 2.05) is 19.1 Å². The van der Waals surface area contributed by atoms with Gasteiger partial charge in [-0.25, -0.2) is 4.68 Å². The number of carbonyl (C=O) groups is 1. The first-order valence-electron chi connectivity index (χ1n) is 7.73. The normalized spacial score (nSPS) is 16.6. The predicted molar refractivity (Wildman–Crippen MR) is 83.5 cm³/mol. The maximum absolute atomic E-state index is 12.6. The van der Waals surface area contributed by atoms with Crippen LogP contribution in [0.1, 0.15) is 28.4 Å². The largest absolute Gasteiger partial charge is 0.347 e. The van der Waals surface area contributed by atoms with Crippen molar-refractivity contribution in [2.75, 3.05) is 0 Å². The highest BCUT2D eigenvalue weighted by atomic mass is 16.1. The fourth-order valence-electron chi connectivity index (χ4n) is 2.92. The average Bonchev–Trinajstić information content (AvgIpc) is 3.26. The van der Waals surface area contributed by atoms with Gasteiger partial charge >= 0.3 is 0 Å². The Morgan fingerprint density at radius 3 is 3.08 bits per heavy atom. The smallest absolute Gasteiger partial charge is 0.251 e. The molecule has 1 amide bonds. The van der Waals surface area contributed by atoms with Crippen LogP contribution in [0.2, 0.25) is 0 Å². The summed E-state index contributed by atoms with van der Waals surface area (Å²) in [5, 5.41) is 22.4. The molecule has 3 heterocycles. The Labute approximate surface area is 137 Å². The van der Waals surface area contributed by atoms with Crippen LogP contribution in [0.25, 0.3) is 5.69 Å². The van der Waals surface area contributed by atoms with Gasteiger partial charge in [-0.3, -0.25) is 4.79 Å². The van der Waals surface area contributed by atoms with Gasteiger partial charge in [0.1, 0.15) is 18.0 Å². The van der Waals surface area contributed by atoms with Gasteiger partial charge in [-0.1, -0.05) is 6.07 Å². The van der Waals surface area contributed by atoms with Crippen molar-refractivity contribution in [2.24, 2.45) is 0 Å². The molecule has 9 nitrogen and oxygen atoms in total. The minimum atomic E-state index is -0.107. The number of hydrogen-bond donors (Lipinski definition) is 1. The number of rotatable bonds is 3. The Bertz CT molecular complexity index is 869. The second kappa shape index (κ2) is 5.84. The number of carbonyl (C=O) groups excluding carboxylic acids is 1. The summed E-state index contributed by atoms with van der Waals surface area (Å²) in [7, 11) is 0. The molecule has 4 rings (SSSR count). The summed E-state index contributed by atoms with van der Waals surface area (Å²) in [4.78, 5) is 12.6. The molecule has 1 aliphatic rings. The molecule has 0 spiro atoms. The van der Waals surface area contributed by atoms with Gasteiger partial charge in [-0.05, 0) is 42.0 Å². The lowest BCUT2D eigenvalue weighted by Crippen LogP contribution is -2.41. The number of aromatic nitrogens is 7. The molecule has 9 heteroatoms. The zero-order valence-corrected chi connectivity index (χ0v) is 13.1. The number of nitrogens with one attached hydrogen (secondary N) is 1. The maximum Gasteiger partial charge on any atom is 0.251 e. The van der Waals surface area contributed by atoms with Crippen LogP contribution >= 0.6 is 0 Å². The summed E-state index contributed by atoms with van der Waals surface area (Å²) in [5.41, 5.74) is 1.32. The van der Waals surface area contributed by atoms with Crippen LogP contribution in [0.3, 0.4) is 0 Å². The van der Waals surface area contributed by atoms with E-state index in [9.17, 15) is 4.79 Å². The molecule has 0 radical (unpaired) electrons. The zero-order valence-electron chi connectivity index (χ0n) is 13.1. The molecule has 122 valence electrons. The molecule has 1 atom stereocenters. The Balaban J connectivity index is 1.49. The third kappa shape index (κ3) is 2.64. The van der Waals surface area contributed by atoms with Gasteiger partial charge in [0.15, 0.2) is 0 Å². The van der Waals surface area contributed by atoms with E-state index in [4.69, 9.17) is 0 Å². The van der Waals surface area contributed by atoms with Crippen molar-refractivity contribution in [1.82, 2.24) is 40.3 Å². The minimum Gasteiger partial charge on any atom is -0.347 e. The number of amides is 1. The lowest BCUT2D eigenvalue weighted by molar-refractivity contribution is 0.0927. The zero-order chi connectivity index (χ0) is 16.5. The van der Waals surface area contributed by atoms with Crippen LogP contribution in [-0.2, 0) is 13.0 Å². The van der Waals surface area contributed by atoms with Crippen molar-refractivity contribution >= 4 is 5.91 Å². The molecule has 1 aromatic carbocycles. The lowest BCUT2D eigenvalue weighted by atomic mass is 10.1. The Hall–Kier alpha value is -3.10. The van der Waals surface area contributed by atoms with E-state index < -0.39 is 0 Å². The first-order chi connectivity index (χ1) is 11.7. The highest BCUT2D eigenvalue weighted by Crippen LogP contribution is 2.16. The molecular formula is C15H16N8O. The van der Waals surface area contributed by atoms with Crippen LogP contribution in [0, 0.1) is 6.92 Å². The SMILES string of the molecule is Cc1nnc2n1C[C@H](NC(=O)c1cccc(-n3cnnn3)c1)CC2. The highest BCUT2D eigenvalue weighted by Gasteiger charge is 2.23. The summed E-state index contributed by atoms with van der Waals surface area (Å²) < 4.78 is 3.58. The van der Waals surface area contributed by atoms with Gasteiger partial charge in [0.05, 0.1) is 5.69 Å². The molecule has 1 aliphatic heterocycles. The van der Waals surface area contributed by atoms with Crippen molar-refractivity contribution in [3.05, 3.63) is 47.8 Å². The Kier molecular flexibility index (Phi) is 3.52. The van der Waals surface area contributed by atoms with E-state index in [1.165, 1.54) is 11.0 Å². The molecule has 24 heavy (non-hydrogen) atoms. The van der Waals surface area contributed by atoms with E-state index in [-0.39, 0.29) is 11.9 Å². The summed E-state index contributed by atoms with van der Waals surface area (Å²) in [6.07, 6.45) is 3.17. The average molecular weight is 324 g/mol. The van der Waals surface area contributed by atoms with Gasteiger partial charge in [-0.2, -0.15) is 0 Å². The van der Waals surface area contributed by atoms with Crippen LogP contribution in [0.15, 0.2) is 30.6 Å². The third-order valence-electron chi connectivity index (χ3n) is 4.19.